The van der Waals surface area contributed by atoms with Crippen molar-refractivity contribution >= 4 is 23.2 Å². The molecule has 1 heterocycles. The van der Waals surface area contributed by atoms with Gasteiger partial charge in [0.05, 0.1) is 21.3 Å². The highest BCUT2D eigenvalue weighted by molar-refractivity contribution is 7.09. The molecule has 1 amide bonds. The monoisotopic (exact) mass is 377 g/mol. The van der Waals surface area contributed by atoms with Gasteiger partial charge in [-0.2, -0.15) is 0 Å². The summed E-state index contributed by atoms with van der Waals surface area (Å²) in [5, 5.41) is 1.98. The predicted octanol–water partition coefficient (Wildman–Crippen LogP) is 2.90. The van der Waals surface area contributed by atoms with E-state index in [0.717, 1.165) is 10.4 Å². The molecule has 0 spiro atoms. The van der Waals surface area contributed by atoms with Crippen molar-refractivity contribution < 1.29 is 23.8 Å². The summed E-state index contributed by atoms with van der Waals surface area (Å²) in [4.78, 5) is 27.0. The molecule has 6 nitrogen and oxygen atoms in total. The highest BCUT2D eigenvalue weighted by Crippen LogP contribution is 2.24. The summed E-state index contributed by atoms with van der Waals surface area (Å²) in [6, 6.07) is 9.35. The van der Waals surface area contributed by atoms with Crippen molar-refractivity contribution in [2.24, 2.45) is 0 Å². The van der Waals surface area contributed by atoms with Crippen molar-refractivity contribution in [1.82, 2.24) is 4.90 Å². The first-order valence-electron chi connectivity index (χ1n) is 8.14. The summed E-state index contributed by atoms with van der Waals surface area (Å²) in [5.74, 6) is 0.696. The van der Waals surface area contributed by atoms with Crippen LogP contribution in [0.1, 0.15) is 16.9 Å². The first kappa shape index (κ1) is 19.8. The number of ether oxygens (including phenoxy) is 3. The molecule has 0 fully saturated rings. The number of thiophene rings is 1. The van der Waals surface area contributed by atoms with Crippen LogP contribution in [-0.4, -0.2) is 44.7 Å². The van der Waals surface area contributed by atoms with E-state index in [4.69, 9.17) is 14.2 Å². The van der Waals surface area contributed by atoms with E-state index < -0.39 is 5.97 Å². The molecule has 0 N–H and O–H groups in total. The summed E-state index contributed by atoms with van der Waals surface area (Å²) < 4.78 is 15.3. The smallest absolute Gasteiger partial charge is 0.325 e. The Balaban J connectivity index is 2.13. The van der Waals surface area contributed by atoms with Gasteiger partial charge in [0.25, 0.3) is 0 Å². The first-order chi connectivity index (χ1) is 12.5. The number of amides is 1. The number of carbonyl (C=O) groups is 2. The molecule has 26 heavy (non-hydrogen) atoms. The number of esters is 1. The van der Waals surface area contributed by atoms with Crippen LogP contribution < -0.4 is 9.47 Å². The van der Waals surface area contributed by atoms with Crippen LogP contribution >= 0.6 is 11.3 Å². The summed E-state index contributed by atoms with van der Waals surface area (Å²) in [5.41, 5.74) is 0.814. The number of rotatable bonds is 9. The molecule has 7 heteroatoms. The molecule has 140 valence electrons. The van der Waals surface area contributed by atoms with E-state index in [1.165, 1.54) is 12.0 Å². The van der Waals surface area contributed by atoms with E-state index in [1.54, 1.807) is 31.6 Å². The molecule has 0 saturated heterocycles. The Hall–Kier alpha value is -2.54. The van der Waals surface area contributed by atoms with Crippen LogP contribution in [0, 0.1) is 0 Å². The van der Waals surface area contributed by atoms with Crippen LogP contribution in [0.2, 0.25) is 0 Å². The van der Waals surface area contributed by atoms with E-state index in [0.29, 0.717) is 24.3 Å². The molecule has 2 rings (SSSR count). The fraction of sp³-hybridized carbons (Fsp3) is 0.368. The maximum absolute atomic E-state index is 12.7. The second-order valence-electron chi connectivity index (χ2n) is 5.63. The molecule has 0 atom stereocenters. The third kappa shape index (κ3) is 5.77. The molecule has 0 saturated carbocycles. The maximum atomic E-state index is 12.7. The minimum absolute atomic E-state index is 0.0979. The number of aryl methyl sites for hydroxylation is 1. The van der Waals surface area contributed by atoms with E-state index in [-0.39, 0.29) is 19.0 Å². The van der Waals surface area contributed by atoms with Gasteiger partial charge < -0.3 is 19.1 Å². The van der Waals surface area contributed by atoms with Gasteiger partial charge in [-0.3, -0.25) is 9.59 Å². The Labute approximate surface area is 157 Å². The van der Waals surface area contributed by atoms with Gasteiger partial charge >= 0.3 is 5.97 Å². The zero-order chi connectivity index (χ0) is 18.9. The molecule has 0 aliphatic rings. The van der Waals surface area contributed by atoms with E-state index in [1.807, 2.05) is 29.6 Å². The predicted molar refractivity (Wildman–Crippen MR) is 99.6 cm³/mol. The molecular weight excluding hydrogens is 354 g/mol. The minimum Gasteiger partial charge on any atom is -0.497 e. The van der Waals surface area contributed by atoms with Crippen LogP contribution in [0.4, 0.5) is 0 Å². The van der Waals surface area contributed by atoms with E-state index in [9.17, 15) is 9.59 Å². The Kier molecular flexibility index (Phi) is 7.47. The molecule has 2 aromatic rings. The largest absolute Gasteiger partial charge is 0.497 e. The molecule has 0 radical (unpaired) electrons. The zero-order valence-electron chi connectivity index (χ0n) is 15.2. The van der Waals surface area contributed by atoms with Crippen LogP contribution in [-0.2, 0) is 27.3 Å². The number of hydrogen-bond donors (Lipinski definition) is 0. The lowest BCUT2D eigenvalue weighted by Crippen LogP contribution is -2.35. The van der Waals surface area contributed by atoms with Crippen molar-refractivity contribution in [2.75, 3.05) is 27.9 Å². The SMILES string of the molecule is COC(=O)CN(Cc1cc(OC)cc(OC)c1)C(=O)CCc1cccs1. The van der Waals surface area contributed by atoms with E-state index >= 15 is 0 Å². The number of benzene rings is 1. The van der Waals surface area contributed by atoms with Crippen molar-refractivity contribution in [1.29, 1.82) is 0 Å². The van der Waals surface area contributed by atoms with Crippen molar-refractivity contribution in [3.05, 3.63) is 46.2 Å². The summed E-state index contributed by atoms with van der Waals surface area (Å²) >= 11 is 1.61. The highest BCUT2D eigenvalue weighted by Gasteiger charge is 2.19. The molecule has 1 aromatic carbocycles. The van der Waals surface area contributed by atoms with Crippen molar-refractivity contribution in [2.45, 2.75) is 19.4 Å². The average molecular weight is 377 g/mol. The quantitative estimate of drug-likeness (QED) is 0.629. The Bertz CT molecular complexity index is 707. The Morgan fingerprint density at radius 1 is 1.08 bits per heavy atom. The second kappa shape index (κ2) is 9.82. The van der Waals surface area contributed by atoms with Crippen LogP contribution in [0.25, 0.3) is 0 Å². The average Bonchev–Trinajstić information content (AvgIpc) is 3.18. The van der Waals surface area contributed by atoms with Gasteiger partial charge in [-0.15, -0.1) is 11.3 Å². The molecule has 0 aliphatic carbocycles. The van der Waals surface area contributed by atoms with Crippen molar-refractivity contribution in [3.63, 3.8) is 0 Å². The zero-order valence-corrected chi connectivity index (χ0v) is 16.0. The number of hydrogen-bond acceptors (Lipinski definition) is 6. The summed E-state index contributed by atoms with van der Waals surface area (Å²) in [6.07, 6.45) is 0.980. The first-order valence-corrected chi connectivity index (χ1v) is 9.02. The fourth-order valence-electron chi connectivity index (χ4n) is 2.47. The van der Waals surface area contributed by atoms with Crippen LogP contribution in [0.5, 0.6) is 11.5 Å². The minimum atomic E-state index is -0.454. The van der Waals surface area contributed by atoms with Gasteiger partial charge in [0.2, 0.25) is 5.91 Å². The van der Waals surface area contributed by atoms with Gasteiger partial charge in [0.1, 0.15) is 18.0 Å². The lowest BCUT2D eigenvalue weighted by atomic mass is 10.1. The highest BCUT2D eigenvalue weighted by atomic mass is 32.1. The van der Waals surface area contributed by atoms with Gasteiger partial charge in [-0.25, -0.2) is 0 Å². The lowest BCUT2D eigenvalue weighted by Gasteiger charge is -2.22. The Morgan fingerprint density at radius 3 is 2.31 bits per heavy atom. The number of nitrogens with zero attached hydrogens (tertiary/aromatic N) is 1. The van der Waals surface area contributed by atoms with Crippen LogP contribution in [0.3, 0.4) is 0 Å². The van der Waals surface area contributed by atoms with Gasteiger partial charge in [-0.1, -0.05) is 6.07 Å². The lowest BCUT2D eigenvalue weighted by molar-refractivity contribution is -0.147. The maximum Gasteiger partial charge on any atom is 0.325 e. The molecule has 1 aromatic heterocycles. The normalized spacial score (nSPS) is 10.3. The Morgan fingerprint density at radius 2 is 1.77 bits per heavy atom. The van der Waals surface area contributed by atoms with Crippen molar-refractivity contribution in [3.8, 4) is 11.5 Å². The summed E-state index contributed by atoms with van der Waals surface area (Å²) in [6.45, 7) is 0.172. The molecule has 0 unspecified atom stereocenters. The van der Waals surface area contributed by atoms with E-state index in [2.05, 4.69) is 0 Å². The molecular formula is C19H23NO5S. The fourth-order valence-corrected chi connectivity index (χ4v) is 3.18. The van der Waals surface area contributed by atoms with Gasteiger partial charge in [-0.05, 0) is 35.6 Å². The topological polar surface area (TPSA) is 65.1 Å². The van der Waals surface area contributed by atoms with Gasteiger partial charge in [0, 0.05) is 23.9 Å². The van der Waals surface area contributed by atoms with Crippen LogP contribution in [0.15, 0.2) is 35.7 Å². The number of carbonyl (C=O) groups excluding carboxylic acids is 2. The third-order valence-electron chi connectivity index (χ3n) is 3.85. The molecule has 0 aliphatic heterocycles. The van der Waals surface area contributed by atoms with Gasteiger partial charge in [0.15, 0.2) is 0 Å². The molecule has 0 bridgehead atoms. The second-order valence-corrected chi connectivity index (χ2v) is 6.66. The third-order valence-corrected chi connectivity index (χ3v) is 4.79. The standard InChI is InChI=1S/C19H23NO5S/c1-23-15-9-14(10-16(11-15)24-2)12-20(13-19(22)25-3)18(21)7-6-17-5-4-8-26-17/h4-5,8-11H,6-7,12-13H2,1-3H3. The number of methoxy groups -OCH3 is 3. The summed E-state index contributed by atoms with van der Waals surface area (Å²) in [7, 11) is 4.44.